The van der Waals surface area contributed by atoms with Gasteiger partial charge in [0.1, 0.15) is 0 Å². The molecule has 0 aliphatic rings. The highest BCUT2D eigenvalue weighted by Gasteiger charge is 2.05. The van der Waals surface area contributed by atoms with Crippen molar-refractivity contribution in [2.45, 2.75) is 13.8 Å². The molecule has 0 radical (unpaired) electrons. The Morgan fingerprint density at radius 2 is 1.54 bits per heavy atom. The van der Waals surface area contributed by atoms with Gasteiger partial charge in [0.2, 0.25) is 5.91 Å². The topological polar surface area (TPSA) is 44.4 Å². The van der Waals surface area contributed by atoms with Crippen molar-refractivity contribution in [1.82, 2.24) is 0 Å². The van der Waals surface area contributed by atoms with E-state index in [0.29, 0.717) is 15.7 Å². The van der Waals surface area contributed by atoms with Crippen LogP contribution in [0, 0.1) is 0 Å². The quantitative estimate of drug-likeness (QED) is 0.733. The number of hydrogen-bond acceptors (Lipinski definition) is 3. The van der Waals surface area contributed by atoms with E-state index in [1.165, 1.54) is 5.69 Å². The van der Waals surface area contributed by atoms with Crippen molar-refractivity contribution in [3.8, 4) is 0 Å². The molecular formula is C18H21Cl2N3O. The molecule has 0 saturated heterocycles. The molecule has 0 aliphatic heterocycles. The summed E-state index contributed by atoms with van der Waals surface area (Å²) in [5.41, 5.74) is 2.64. The van der Waals surface area contributed by atoms with Crippen molar-refractivity contribution in [1.29, 1.82) is 0 Å². The predicted octanol–water partition coefficient (Wildman–Crippen LogP) is 4.89. The van der Waals surface area contributed by atoms with Gasteiger partial charge in [-0.05, 0) is 56.3 Å². The van der Waals surface area contributed by atoms with Gasteiger partial charge >= 0.3 is 0 Å². The van der Waals surface area contributed by atoms with Gasteiger partial charge in [0.25, 0.3) is 0 Å². The number of nitrogens with one attached hydrogen (secondary N) is 2. The maximum absolute atomic E-state index is 12.0. The minimum absolute atomic E-state index is 0.161. The lowest BCUT2D eigenvalue weighted by Gasteiger charge is -2.21. The van der Waals surface area contributed by atoms with Gasteiger partial charge in [-0.25, -0.2) is 0 Å². The summed E-state index contributed by atoms with van der Waals surface area (Å²) in [6, 6.07) is 13.0. The molecule has 128 valence electrons. The fourth-order valence-electron chi connectivity index (χ4n) is 2.39. The number of anilines is 3. The molecule has 2 aromatic carbocycles. The van der Waals surface area contributed by atoms with Crippen molar-refractivity contribution in [3.63, 3.8) is 0 Å². The molecule has 1 amide bonds. The van der Waals surface area contributed by atoms with Crippen LogP contribution in [0.1, 0.15) is 13.8 Å². The van der Waals surface area contributed by atoms with E-state index in [2.05, 4.69) is 29.4 Å². The number of nitrogens with zero attached hydrogens (tertiary/aromatic N) is 1. The number of carbonyl (C=O) groups is 1. The fraction of sp³-hybridized carbons (Fsp3) is 0.278. The van der Waals surface area contributed by atoms with Gasteiger partial charge in [0.15, 0.2) is 0 Å². The van der Waals surface area contributed by atoms with E-state index >= 15 is 0 Å². The number of rotatable bonds is 7. The first-order valence-electron chi connectivity index (χ1n) is 7.86. The van der Waals surface area contributed by atoms with Crippen LogP contribution in [0.2, 0.25) is 10.0 Å². The Hall–Kier alpha value is -1.91. The van der Waals surface area contributed by atoms with Crippen LogP contribution in [-0.2, 0) is 4.79 Å². The van der Waals surface area contributed by atoms with Crippen molar-refractivity contribution in [2.75, 3.05) is 35.2 Å². The van der Waals surface area contributed by atoms with Crippen LogP contribution in [-0.4, -0.2) is 25.5 Å². The zero-order chi connectivity index (χ0) is 17.5. The SMILES string of the molecule is CCN(CC)c1ccc(NCC(=O)Nc2cc(Cl)cc(Cl)c2)cc1. The summed E-state index contributed by atoms with van der Waals surface area (Å²) >= 11 is 11.8. The molecule has 2 N–H and O–H groups in total. The van der Waals surface area contributed by atoms with Crippen LogP contribution in [0.25, 0.3) is 0 Å². The van der Waals surface area contributed by atoms with E-state index in [4.69, 9.17) is 23.2 Å². The van der Waals surface area contributed by atoms with Crippen LogP contribution in [0.3, 0.4) is 0 Å². The van der Waals surface area contributed by atoms with E-state index < -0.39 is 0 Å². The number of amides is 1. The summed E-state index contributed by atoms with van der Waals surface area (Å²) in [7, 11) is 0. The molecule has 0 aliphatic carbocycles. The third-order valence-corrected chi connectivity index (χ3v) is 4.03. The Morgan fingerprint density at radius 3 is 2.08 bits per heavy atom. The lowest BCUT2D eigenvalue weighted by Crippen LogP contribution is -2.22. The first-order chi connectivity index (χ1) is 11.5. The maximum Gasteiger partial charge on any atom is 0.243 e. The molecule has 6 heteroatoms. The van der Waals surface area contributed by atoms with Crippen molar-refractivity contribution in [3.05, 3.63) is 52.5 Å². The van der Waals surface area contributed by atoms with E-state index in [-0.39, 0.29) is 12.5 Å². The molecule has 0 fully saturated rings. The summed E-state index contributed by atoms with van der Waals surface area (Å²) in [6.45, 7) is 6.35. The summed E-state index contributed by atoms with van der Waals surface area (Å²) < 4.78 is 0. The molecule has 0 bridgehead atoms. The second kappa shape index (κ2) is 8.81. The highest BCUT2D eigenvalue weighted by atomic mass is 35.5. The largest absolute Gasteiger partial charge is 0.376 e. The van der Waals surface area contributed by atoms with Crippen LogP contribution in [0.5, 0.6) is 0 Å². The number of carbonyl (C=O) groups excluding carboxylic acids is 1. The minimum atomic E-state index is -0.166. The molecule has 2 aromatic rings. The summed E-state index contributed by atoms with van der Waals surface area (Å²) in [6.07, 6.45) is 0. The highest BCUT2D eigenvalue weighted by Crippen LogP contribution is 2.22. The van der Waals surface area contributed by atoms with Gasteiger partial charge < -0.3 is 15.5 Å². The Labute approximate surface area is 152 Å². The summed E-state index contributed by atoms with van der Waals surface area (Å²) in [5.74, 6) is -0.166. The second-order valence-electron chi connectivity index (χ2n) is 5.28. The molecule has 0 aromatic heterocycles. The zero-order valence-corrected chi connectivity index (χ0v) is 15.3. The molecule has 0 saturated carbocycles. The highest BCUT2D eigenvalue weighted by molar-refractivity contribution is 6.35. The molecule has 0 unspecified atom stereocenters. The van der Waals surface area contributed by atoms with Gasteiger partial charge in [0, 0.05) is 40.2 Å². The lowest BCUT2D eigenvalue weighted by molar-refractivity contribution is -0.114. The molecule has 0 atom stereocenters. The monoisotopic (exact) mass is 365 g/mol. The third-order valence-electron chi connectivity index (χ3n) is 3.60. The fourth-order valence-corrected chi connectivity index (χ4v) is 2.92. The Bertz CT molecular complexity index is 665. The Kier molecular flexibility index (Phi) is 6.76. The average molecular weight is 366 g/mol. The van der Waals surface area contributed by atoms with E-state index in [0.717, 1.165) is 18.8 Å². The van der Waals surface area contributed by atoms with Gasteiger partial charge in [-0.15, -0.1) is 0 Å². The van der Waals surface area contributed by atoms with Crippen LogP contribution >= 0.6 is 23.2 Å². The first-order valence-corrected chi connectivity index (χ1v) is 8.62. The van der Waals surface area contributed by atoms with E-state index in [9.17, 15) is 4.79 Å². The molecule has 4 nitrogen and oxygen atoms in total. The smallest absolute Gasteiger partial charge is 0.243 e. The maximum atomic E-state index is 12.0. The van der Waals surface area contributed by atoms with Gasteiger partial charge in [-0.3, -0.25) is 4.79 Å². The molecule has 2 rings (SSSR count). The van der Waals surface area contributed by atoms with Gasteiger partial charge in [0.05, 0.1) is 6.54 Å². The standard InChI is InChI=1S/C18H21Cl2N3O/c1-3-23(4-2)17-7-5-15(6-8-17)21-12-18(24)22-16-10-13(19)9-14(20)11-16/h5-11,21H,3-4,12H2,1-2H3,(H,22,24). The molecule has 0 spiro atoms. The molecule has 0 heterocycles. The normalized spacial score (nSPS) is 10.3. The van der Waals surface area contributed by atoms with Crippen molar-refractivity contribution < 1.29 is 4.79 Å². The zero-order valence-electron chi connectivity index (χ0n) is 13.8. The van der Waals surface area contributed by atoms with Crippen LogP contribution in [0.15, 0.2) is 42.5 Å². The van der Waals surface area contributed by atoms with Gasteiger partial charge in [-0.2, -0.15) is 0 Å². The number of halogens is 2. The summed E-state index contributed by atoms with van der Waals surface area (Å²) in [4.78, 5) is 14.3. The molecule has 24 heavy (non-hydrogen) atoms. The average Bonchev–Trinajstić information content (AvgIpc) is 2.54. The summed E-state index contributed by atoms with van der Waals surface area (Å²) in [5, 5.41) is 6.83. The predicted molar refractivity (Wildman–Crippen MR) is 104 cm³/mol. The number of hydrogen-bond donors (Lipinski definition) is 2. The molecular weight excluding hydrogens is 345 g/mol. The van der Waals surface area contributed by atoms with Crippen molar-refractivity contribution in [2.24, 2.45) is 0 Å². The van der Waals surface area contributed by atoms with Gasteiger partial charge in [-0.1, -0.05) is 23.2 Å². The van der Waals surface area contributed by atoms with Crippen molar-refractivity contribution >= 4 is 46.2 Å². The van der Waals surface area contributed by atoms with Crippen LogP contribution in [0.4, 0.5) is 17.1 Å². The minimum Gasteiger partial charge on any atom is -0.376 e. The third kappa shape index (κ3) is 5.32. The Morgan fingerprint density at radius 1 is 0.958 bits per heavy atom. The number of benzene rings is 2. The van der Waals surface area contributed by atoms with Crippen LogP contribution < -0.4 is 15.5 Å². The van der Waals surface area contributed by atoms with E-state index in [1.807, 2.05) is 24.3 Å². The second-order valence-corrected chi connectivity index (χ2v) is 6.15. The Balaban J connectivity index is 1.89. The lowest BCUT2D eigenvalue weighted by atomic mass is 10.2. The first kappa shape index (κ1) is 18.4. The van der Waals surface area contributed by atoms with E-state index in [1.54, 1.807) is 18.2 Å².